The molecule has 1 aromatic rings. The molecule has 0 bridgehead atoms. The fraction of sp³-hybridized carbons (Fsp3) is 0.426. The molecule has 0 radical (unpaired) electrons. The Balaban J connectivity index is 1.29. The summed E-state index contributed by atoms with van der Waals surface area (Å²) in [6, 6.07) is 2.15. The van der Waals surface area contributed by atoms with Crippen molar-refractivity contribution in [2.24, 2.45) is 5.92 Å². The van der Waals surface area contributed by atoms with Crippen LogP contribution in [0.25, 0.3) is 0 Å². The maximum atomic E-state index is 14.4. The number of likely N-dealkylation sites (N-methyl/N-ethyl adjacent to an activating group) is 1. The summed E-state index contributed by atoms with van der Waals surface area (Å²) in [6.07, 6.45) is 16.5. The average Bonchev–Trinajstić information content (AvgIpc) is 4.02. The van der Waals surface area contributed by atoms with Gasteiger partial charge in [0.15, 0.2) is 5.78 Å². The van der Waals surface area contributed by atoms with E-state index in [1.807, 2.05) is 6.92 Å². The number of ether oxygens (including phenoxy) is 1. The maximum Gasteiger partial charge on any atom is 0.328 e. The molecular formula is C47H57N7O11. The molecule has 1 aromatic carbocycles. The van der Waals surface area contributed by atoms with Crippen LogP contribution in [0.3, 0.4) is 0 Å². The van der Waals surface area contributed by atoms with Gasteiger partial charge in [-0.15, -0.1) is 0 Å². The number of benzene rings is 1. The second-order valence-corrected chi connectivity index (χ2v) is 16.4. The van der Waals surface area contributed by atoms with Crippen LogP contribution in [-0.4, -0.2) is 136 Å². The molecule has 18 heteroatoms. The Hall–Kier alpha value is -7.11. The fourth-order valence-electron chi connectivity index (χ4n) is 7.85. The minimum absolute atomic E-state index is 0.0250. The number of ketones is 1. The zero-order chi connectivity index (χ0) is 47.2. The van der Waals surface area contributed by atoms with E-state index >= 15 is 0 Å². The van der Waals surface area contributed by atoms with E-state index < -0.39 is 90.2 Å². The van der Waals surface area contributed by atoms with Gasteiger partial charge in [-0.25, -0.2) is 4.79 Å². The molecule has 0 aromatic heterocycles. The molecule has 7 atom stereocenters. The van der Waals surface area contributed by atoms with Crippen molar-refractivity contribution in [3.05, 3.63) is 108 Å². The summed E-state index contributed by atoms with van der Waals surface area (Å²) in [5, 5.41) is 20.1. The number of hydrogen-bond acceptors (Lipinski definition) is 11. The third kappa shape index (κ3) is 13.2. The molecule has 0 spiro atoms. The van der Waals surface area contributed by atoms with Crippen LogP contribution in [0, 0.1) is 5.92 Å². The van der Waals surface area contributed by atoms with Crippen molar-refractivity contribution in [2.45, 2.75) is 95.5 Å². The quantitative estimate of drug-likeness (QED) is 0.114. The normalized spacial score (nSPS) is 25.6. The molecule has 3 heterocycles. The highest BCUT2D eigenvalue weighted by Gasteiger charge is 2.44. The monoisotopic (exact) mass is 895 g/mol. The van der Waals surface area contributed by atoms with Gasteiger partial charge in [-0.1, -0.05) is 85.9 Å². The van der Waals surface area contributed by atoms with Gasteiger partial charge in [-0.3, -0.25) is 38.4 Å². The number of nitrogens with one attached hydrogen (secondary N) is 4. The van der Waals surface area contributed by atoms with Gasteiger partial charge in [0.05, 0.1) is 0 Å². The Morgan fingerprint density at radius 2 is 1.48 bits per heavy atom. The van der Waals surface area contributed by atoms with Gasteiger partial charge < -0.3 is 45.8 Å². The molecule has 18 nitrogen and oxygen atoms in total. The Morgan fingerprint density at radius 1 is 0.831 bits per heavy atom. The highest BCUT2D eigenvalue weighted by Crippen LogP contribution is 2.26. The van der Waals surface area contributed by atoms with E-state index in [-0.39, 0.29) is 68.4 Å². The molecule has 65 heavy (non-hydrogen) atoms. The minimum atomic E-state index is -1.49. The van der Waals surface area contributed by atoms with Crippen LogP contribution >= 0.6 is 0 Å². The summed E-state index contributed by atoms with van der Waals surface area (Å²) in [5.74, 6) is -5.59. The number of Topliss-reactive ketones (excluding diaryl/α,β-unsaturated/α-hetero) is 1. The number of nitrogens with zero attached hydrogens (tertiary/aromatic N) is 3. The number of hydrogen-bond donors (Lipinski definition) is 5. The maximum absolute atomic E-state index is 14.4. The number of amides is 7. The second-order valence-electron chi connectivity index (χ2n) is 16.4. The van der Waals surface area contributed by atoms with Gasteiger partial charge in [0, 0.05) is 51.6 Å². The summed E-state index contributed by atoms with van der Waals surface area (Å²) < 4.78 is 5.70. The number of cyclic esters (lactones) is 1. The third-order valence-electron chi connectivity index (χ3n) is 11.5. The van der Waals surface area contributed by atoms with Crippen molar-refractivity contribution in [2.75, 3.05) is 26.7 Å². The van der Waals surface area contributed by atoms with Crippen LogP contribution in [0.1, 0.15) is 58.4 Å². The summed E-state index contributed by atoms with van der Waals surface area (Å²) in [7, 11) is 1.44. The first kappa shape index (κ1) is 48.9. The lowest BCUT2D eigenvalue weighted by atomic mass is 10.0. The van der Waals surface area contributed by atoms with Crippen molar-refractivity contribution in [1.82, 2.24) is 36.0 Å². The van der Waals surface area contributed by atoms with Crippen molar-refractivity contribution in [1.29, 1.82) is 0 Å². The lowest BCUT2D eigenvalue weighted by Gasteiger charge is -2.34. The topological polar surface area (TPSA) is 241 Å². The Kier molecular flexibility index (Phi) is 17.3. The fourth-order valence-corrected chi connectivity index (χ4v) is 7.85. The lowest BCUT2D eigenvalue weighted by molar-refractivity contribution is -0.158. The van der Waals surface area contributed by atoms with Crippen LogP contribution in [0.4, 0.5) is 0 Å². The summed E-state index contributed by atoms with van der Waals surface area (Å²) in [5.41, 5.74) is 0.616. The summed E-state index contributed by atoms with van der Waals surface area (Å²) in [4.78, 5) is 124. The van der Waals surface area contributed by atoms with Crippen molar-refractivity contribution in [3.63, 3.8) is 0 Å². The molecule has 3 fully saturated rings. The number of carbonyl (C=O) groups excluding carboxylic acids is 9. The first-order chi connectivity index (χ1) is 31.0. The minimum Gasteiger partial charge on any atom is -0.510 e. The molecule has 346 valence electrons. The van der Waals surface area contributed by atoms with E-state index in [2.05, 4.69) is 21.3 Å². The Labute approximate surface area is 377 Å². The van der Waals surface area contributed by atoms with Crippen LogP contribution in [-0.2, 0) is 54.3 Å². The number of allylic oxidation sites excluding steroid dienone is 10. The smallest absolute Gasteiger partial charge is 0.328 e. The van der Waals surface area contributed by atoms with Crippen molar-refractivity contribution >= 4 is 53.1 Å². The number of fused-ring (bicyclic) bond motifs is 2. The van der Waals surface area contributed by atoms with Gasteiger partial charge >= 0.3 is 5.97 Å². The van der Waals surface area contributed by atoms with Crippen LogP contribution < -0.4 is 21.3 Å². The molecule has 5 rings (SSSR count). The number of esters is 1. The standard InChI is InChI=1S/C47H57N7O11/c1-29-25-36-47(64)65-28-34(45(62)53-24-16-19-35(53)46(63)52(4)31(3)42(59)48-30(2)44(61)54(36)27-29)50-43(60)33(26-32-17-12-11-13-18-32)49-39(57)20-14-9-7-5-6-8-10-15-21-40(58)51-41-37(55)22-23-38(41)56/h5-15,17-18,20-21,29-31,33-36,55H,16,19,22-28H2,1-4H3,(H,48,59)(H,49,57)(H,50,60)(H,51,58)/b6-5+,9-7+,10-8+,20-14-,21-15-. The van der Waals surface area contributed by atoms with E-state index in [1.165, 1.54) is 59.9 Å². The van der Waals surface area contributed by atoms with E-state index in [1.54, 1.807) is 66.8 Å². The Bertz CT molecular complexity index is 2200. The van der Waals surface area contributed by atoms with Gasteiger partial charge in [0.1, 0.15) is 54.3 Å². The van der Waals surface area contributed by atoms with Gasteiger partial charge in [-0.2, -0.15) is 0 Å². The molecule has 0 saturated carbocycles. The summed E-state index contributed by atoms with van der Waals surface area (Å²) in [6.45, 7) is 4.65. The largest absolute Gasteiger partial charge is 0.510 e. The van der Waals surface area contributed by atoms with Crippen LogP contribution in [0.2, 0.25) is 0 Å². The van der Waals surface area contributed by atoms with E-state index in [0.29, 0.717) is 12.0 Å². The average molecular weight is 896 g/mol. The first-order valence-electron chi connectivity index (χ1n) is 21.7. The second kappa shape index (κ2) is 23.0. The number of aliphatic hydroxyl groups is 1. The summed E-state index contributed by atoms with van der Waals surface area (Å²) >= 11 is 0. The van der Waals surface area contributed by atoms with Crippen LogP contribution in [0.15, 0.2) is 103 Å². The van der Waals surface area contributed by atoms with Crippen molar-refractivity contribution in [3.8, 4) is 0 Å². The molecule has 3 aliphatic heterocycles. The lowest BCUT2D eigenvalue weighted by Crippen LogP contribution is -2.60. The molecule has 1 aliphatic carbocycles. The zero-order valence-electron chi connectivity index (χ0n) is 36.9. The SMILES string of the molecule is CC1CC2C(=O)OCC(NC(=O)C(Cc3ccccc3)NC(=O)\C=C/C=C/C=C/C=C/C=C\C(=O)NC3=C(O)CCC3=O)C(=O)N3CCCC3C(=O)N(C)C(C)C(=O)NC(C)C(=O)N2C1. The Morgan fingerprint density at radius 3 is 2.12 bits per heavy atom. The predicted molar refractivity (Wildman–Crippen MR) is 237 cm³/mol. The molecule has 4 aliphatic rings. The first-order valence-corrected chi connectivity index (χ1v) is 21.7. The van der Waals surface area contributed by atoms with E-state index in [4.69, 9.17) is 4.74 Å². The van der Waals surface area contributed by atoms with Gasteiger partial charge in [0.25, 0.3) is 0 Å². The highest BCUT2D eigenvalue weighted by atomic mass is 16.5. The zero-order valence-corrected chi connectivity index (χ0v) is 36.9. The van der Waals surface area contributed by atoms with Gasteiger partial charge in [-0.05, 0) is 44.6 Å². The molecular weight excluding hydrogens is 839 g/mol. The van der Waals surface area contributed by atoms with E-state index in [9.17, 15) is 48.3 Å². The number of rotatable bonds is 12. The molecule has 7 unspecified atom stereocenters. The third-order valence-corrected chi connectivity index (χ3v) is 11.5. The molecule has 5 N–H and O–H groups in total. The number of aliphatic hydroxyl groups excluding tert-OH is 1. The van der Waals surface area contributed by atoms with Crippen molar-refractivity contribution < 1.29 is 53.0 Å². The predicted octanol–water partition coefficient (Wildman–Crippen LogP) is 1.36. The van der Waals surface area contributed by atoms with Crippen LogP contribution in [0.5, 0.6) is 0 Å². The highest BCUT2D eigenvalue weighted by molar-refractivity contribution is 6.03. The molecule has 7 amide bonds. The molecule has 3 saturated heterocycles. The number of carbonyl (C=O) groups is 9. The van der Waals surface area contributed by atoms with Gasteiger partial charge in [0.2, 0.25) is 41.4 Å². The van der Waals surface area contributed by atoms with E-state index in [0.717, 1.165) is 0 Å².